The summed E-state index contributed by atoms with van der Waals surface area (Å²) in [5.74, 6) is 0.619. The average molecular weight is 254 g/mol. The van der Waals surface area contributed by atoms with Gasteiger partial charge < -0.3 is 19.3 Å². The number of rotatable bonds is 4. The molecule has 2 heterocycles. The van der Waals surface area contributed by atoms with Gasteiger partial charge in [0.1, 0.15) is 11.8 Å². The van der Waals surface area contributed by atoms with E-state index in [2.05, 4.69) is 9.97 Å². The SMILES string of the molecule is COc1cnc(C(O)C2CCC(C)O2)c(OC)n1. The molecule has 1 aliphatic rings. The van der Waals surface area contributed by atoms with Crippen molar-refractivity contribution in [1.82, 2.24) is 9.97 Å². The lowest BCUT2D eigenvalue weighted by molar-refractivity contribution is -0.0325. The van der Waals surface area contributed by atoms with Crippen LogP contribution in [-0.2, 0) is 4.74 Å². The molecule has 3 atom stereocenters. The van der Waals surface area contributed by atoms with Crippen molar-refractivity contribution < 1.29 is 19.3 Å². The molecule has 6 heteroatoms. The van der Waals surface area contributed by atoms with Crippen molar-refractivity contribution in [3.05, 3.63) is 11.9 Å². The van der Waals surface area contributed by atoms with Gasteiger partial charge >= 0.3 is 0 Å². The first kappa shape index (κ1) is 13.0. The van der Waals surface area contributed by atoms with E-state index in [9.17, 15) is 5.11 Å². The Morgan fingerprint density at radius 1 is 1.39 bits per heavy atom. The van der Waals surface area contributed by atoms with E-state index in [4.69, 9.17) is 14.2 Å². The highest BCUT2D eigenvalue weighted by atomic mass is 16.5. The molecule has 0 spiro atoms. The van der Waals surface area contributed by atoms with Gasteiger partial charge in [0.2, 0.25) is 11.8 Å². The molecular weight excluding hydrogens is 236 g/mol. The summed E-state index contributed by atoms with van der Waals surface area (Å²) >= 11 is 0. The van der Waals surface area contributed by atoms with Gasteiger partial charge in [-0.1, -0.05) is 0 Å². The Morgan fingerprint density at radius 2 is 2.17 bits per heavy atom. The van der Waals surface area contributed by atoms with Crippen LogP contribution >= 0.6 is 0 Å². The highest BCUT2D eigenvalue weighted by Gasteiger charge is 2.32. The van der Waals surface area contributed by atoms with Crippen molar-refractivity contribution in [3.63, 3.8) is 0 Å². The molecule has 0 radical (unpaired) electrons. The Kier molecular flexibility index (Phi) is 3.98. The molecule has 18 heavy (non-hydrogen) atoms. The van der Waals surface area contributed by atoms with Gasteiger partial charge in [-0.05, 0) is 19.8 Å². The summed E-state index contributed by atoms with van der Waals surface area (Å²) < 4.78 is 15.7. The third-order valence-corrected chi connectivity index (χ3v) is 3.04. The second-order valence-electron chi connectivity index (χ2n) is 4.31. The van der Waals surface area contributed by atoms with E-state index < -0.39 is 6.10 Å². The lowest BCUT2D eigenvalue weighted by Crippen LogP contribution is -2.20. The maximum atomic E-state index is 10.3. The van der Waals surface area contributed by atoms with Crippen molar-refractivity contribution in [1.29, 1.82) is 0 Å². The van der Waals surface area contributed by atoms with Gasteiger partial charge in [0, 0.05) is 0 Å². The van der Waals surface area contributed by atoms with Crippen LogP contribution in [0.4, 0.5) is 0 Å². The fraction of sp³-hybridized carbons (Fsp3) is 0.667. The zero-order valence-electron chi connectivity index (χ0n) is 10.8. The van der Waals surface area contributed by atoms with E-state index >= 15 is 0 Å². The second-order valence-corrected chi connectivity index (χ2v) is 4.31. The van der Waals surface area contributed by atoms with Crippen LogP contribution < -0.4 is 9.47 Å². The minimum atomic E-state index is -0.830. The first-order valence-corrected chi connectivity index (χ1v) is 5.94. The number of aliphatic hydroxyl groups is 1. The molecule has 0 aliphatic carbocycles. The van der Waals surface area contributed by atoms with Gasteiger partial charge in [-0.15, -0.1) is 0 Å². The Hall–Kier alpha value is -1.40. The molecule has 1 aromatic heterocycles. The Morgan fingerprint density at radius 3 is 2.72 bits per heavy atom. The number of methoxy groups -OCH3 is 2. The van der Waals surface area contributed by atoms with E-state index in [0.717, 1.165) is 12.8 Å². The molecule has 0 bridgehead atoms. The van der Waals surface area contributed by atoms with Crippen molar-refractivity contribution in [3.8, 4) is 11.8 Å². The molecule has 100 valence electrons. The van der Waals surface area contributed by atoms with Gasteiger partial charge in [-0.25, -0.2) is 4.98 Å². The van der Waals surface area contributed by atoms with E-state index in [1.54, 1.807) is 0 Å². The number of aliphatic hydroxyl groups excluding tert-OH is 1. The zero-order valence-corrected chi connectivity index (χ0v) is 10.8. The van der Waals surface area contributed by atoms with E-state index in [1.165, 1.54) is 20.4 Å². The van der Waals surface area contributed by atoms with Gasteiger partial charge in [-0.3, -0.25) is 0 Å². The zero-order chi connectivity index (χ0) is 13.1. The van der Waals surface area contributed by atoms with E-state index in [1.807, 2.05) is 6.92 Å². The van der Waals surface area contributed by atoms with Gasteiger partial charge in [0.15, 0.2) is 0 Å². The monoisotopic (exact) mass is 254 g/mol. The molecule has 0 amide bonds. The lowest BCUT2D eigenvalue weighted by Gasteiger charge is -2.19. The van der Waals surface area contributed by atoms with Crippen molar-refractivity contribution in [2.24, 2.45) is 0 Å². The highest BCUT2D eigenvalue weighted by molar-refractivity contribution is 5.25. The predicted molar refractivity (Wildman–Crippen MR) is 63.7 cm³/mol. The number of nitrogens with zero attached hydrogens (tertiary/aromatic N) is 2. The number of ether oxygens (including phenoxy) is 3. The maximum Gasteiger partial charge on any atom is 0.241 e. The summed E-state index contributed by atoms with van der Waals surface area (Å²) in [5, 5.41) is 10.3. The van der Waals surface area contributed by atoms with Crippen molar-refractivity contribution in [2.75, 3.05) is 14.2 Å². The lowest BCUT2D eigenvalue weighted by atomic mass is 10.1. The van der Waals surface area contributed by atoms with Crippen LogP contribution in [0.3, 0.4) is 0 Å². The quantitative estimate of drug-likeness (QED) is 0.867. The van der Waals surface area contributed by atoms with E-state index in [-0.39, 0.29) is 18.1 Å². The standard InChI is InChI=1S/C12H18N2O4/c1-7-4-5-8(18-7)11(15)10-12(17-3)14-9(16-2)6-13-10/h6-8,11,15H,4-5H2,1-3H3. The largest absolute Gasteiger partial charge is 0.480 e. The van der Waals surface area contributed by atoms with Crippen LogP contribution in [-0.4, -0.2) is 41.5 Å². The third-order valence-electron chi connectivity index (χ3n) is 3.04. The van der Waals surface area contributed by atoms with Crippen LogP contribution in [0.15, 0.2) is 6.20 Å². The van der Waals surface area contributed by atoms with Gasteiger partial charge in [0.25, 0.3) is 0 Å². The second kappa shape index (κ2) is 5.49. The summed E-state index contributed by atoms with van der Waals surface area (Å²) in [6, 6.07) is 0. The molecule has 3 unspecified atom stereocenters. The first-order valence-electron chi connectivity index (χ1n) is 5.94. The maximum absolute atomic E-state index is 10.3. The van der Waals surface area contributed by atoms with Crippen molar-refractivity contribution >= 4 is 0 Å². The number of hydrogen-bond donors (Lipinski definition) is 1. The molecule has 1 aromatic rings. The summed E-state index contributed by atoms with van der Waals surface area (Å²) in [5.41, 5.74) is 0.386. The minimum absolute atomic E-state index is 0.168. The summed E-state index contributed by atoms with van der Waals surface area (Å²) in [6.07, 6.45) is 2.29. The predicted octanol–water partition coefficient (Wildman–Crippen LogP) is 1.09. The average Bonchev–Trinajstić information content (AvgIpc) is 2.83. The summed E-state index contributed by atoms with van der Waals surface area (Å²) in [6.45, 7) is 1.99. The number of hydrogen-bond acceptors (Lipinski definition) is 6. The van der Waals surface area contributed by atoms with Crippen LogP contribution in [0.1, 0.15) is 31.6 Å². The van der Waals surface area contributed by atoms with Gasteiger partial charge in [-0.2, -0.15) is 4.98 Å². The van der Waals surface area contributed by atoms with Crippen LogP contribution in [0, 0.1) is 0 Å². The molecule has 0 saturated carbocycles. The molecule has 2 rings (SSSR count). The Labute approximate surface area is 106 Å². The smallest absolute Gasteiger partial charge is 0.241 e. The van der Waals surface area contributed by atoms with Crippen molar-refractivity contribution in [2.45, 2.75) is 38.1 Å². The Bertz CT molecular complexity index is 413. The third kappa shape index (κ3) is 2.54. The highest BCUT2D eigenvalue weighted by Crippen LogP contribution is 2.32. The molecule has 1 aliphatic heterocycles. The topological polar surface area (TPSA) is 73.7 Å². The minimum Gasteiger partial charge on any atom is -0.480 e. The first-order chi connectivity index (χ1) is 8.65. The molecule has 1 fully saturated rings. The van der Waals surface area contributed by atoms with Crippen LogP contribution in [0.2, 0.25) is 0 Å². The molecular formula is C12H18N2O4. The Balaban J connectivity index is 2.21. The van der Waals surface area contributed by atoms with E-state index in [0.29, 0.717) is 11.6 Å². The molecule has 0 aromatic carbocycles. The molecule has 6 nitrogen and oxygen atoms in total. The fourth-order valence-corrected chi connectivity index (χ4v) is 2.06. The van der Waals surface area contributed by atoms with Crippen LogP contribution in [0.25, 0.3) is 0 Å². The fourth-order valence-electron chi connectivity index (χ4n) is 2.06. The summed E-state index contributed by atoms with van der Waals surface area (Å²) in [7, 11) is 2.99. The molecule has 1 N–H and O–H groups in total. The van der Waals surface area contributed by atoms with Gasteiger partial charge in [0.05, 0.1) is 32.6 Å². The number of aromatic nitrogens is 2. The van der Waals surface area contributed by atoms with Crippen LogP contribution in [0.5, 0.6) is 11.8 Å². The molecule has 1 saturated heterocycles. The summed E-state index contributed by atoms with van der Waals surface area (Å²) in [4.78, 5) is 8.25. The normalized spacial score (nSPS) is 24.9.